The lowest BCUT2D eigenvalue weighted by Crippen LogP contribution is -2.47. The Morgan fingerprint density at radius 3 is 2.88 bits per heavy atom. The highest BCUT2D eigenvalue weighted by Crippen LogP contribution is 2.28. The molecule has 2 aliphatic rings. The number of para-hydroxylation sites is 1. The molecule has 2 fully saturated rings. The van der Waals surface area contributed by atoms with Crippen molar-refractivity contribution < 1.29 is 9.47 Å². The van der Waals surface area contributed by atoms with Crippen LogP contribution < -0.4 is 10.1 Å². The maximum absolute atomic E-state index is 5.98. The topological polar surface area (TPSA) is 46.6 Å². The van der Waals surface area contributed by atoms with Crippen molar-refractivity contribution in [3.63, 3.8) is 0 Å². The van der Waals surface area contributed by atoms with Crippen molar-refractivity contribution in [3.8, 4) is 5.75 Å². The lowest BCUT2D eigenvalue weighted by Gasteiger charge is -2.33. The Morgan fingerprint density at radius 1 is 1.15 bits per heavy atom. The molecule has 1 aliphatic carbocycles. The Hall–Kier alpha value is -1.95. The number of rotatable bonds is 8. The second-order valence-corrected chi connectivity index (χ2v) is 7.07. The summed E-state index contributed by atoms with van der Waals surface area (Å²) < 4.78 is 11.9. The summed E-state index contributed by atoms with van der Waals surface area (Å²) in [6, 6.07) is 14.9. The fraction of sp³-hybridized carbons (Fsp3) is 0.476. The third kappa shape index (κ3) is 4.81. The van der Waals surface area contributed by atoms with E-state index >= 15 is 0 Å². The molecule has 0 bridgehead atoms. The summed E-state index contributed by atoms with van der Waals surface area (Å²) in [5.74, 6) is 0.912. The number of pyridine rings is 1. The summed E-state index contributed by atoms with van der Waals surface area (Å²) >= 11 is 0. The molecule has 26 heavy (non-hydrogen) atoms. The van der Waals surface area contributed by atoms with Gasteiger partial charge in [-0.2, -0.15) is 0 Å². The van der Waals surface area contributed by atoms with Crippen LogP contribution in [0.5, 0.6) is 5.75 Å². The van der Waals surface area contributed by atoms with Gasteiger partial charge in [-0.3, -0.25) is 9.88 Å². The van der Waals surface area contributed by atoms with Crippen LogP contribution in [0.2, 0.25) is 0 Å². The minimum Gasteiger partial charge on any atom is -0.487 e. The monoisotopic (exact) mass is 353 g/mol. The minimum atomic E-state index is 0.283. The molecule has 1 N–H and O–H groups in total. The largest absolute Gasteiger partial charge is 0.487 e. The molecule has 138 valence electrons. The lowest BCUT2D eigenvalue weighted by atomic mass is 10.2. The fourth-order valence-electron chi connectivity index (χ4n) is 3.43. The van der Waals surface area contributed by atoms with Crippen LogP contribution in [0.3, 0.4) is 0 Å². The SMILES string of the molecule is c1ccc(COc2ccccc2CNCC2CN(C3CC3)CCO2)nc1. The Morgan fingerprint density at radius 2 is 2.04 bits per heavy atom. The van der Waals surface area contributed by atoms with E-state index in [0.29, 0.717) is 6.61 Å². The molecule has 0 spiro atoms. The third-order valence-corrected chi connectivity index (χ3v) is 5.00. The highest BCUT2D eigenvalue weighted by atomic mass is 16.5. The number of morpholine rings is 1. The number of benzene rings is 1. The summed E-state index contributed by atoms with van der Waals surface area (Å²) in [5.41, 5.74) is 2.10. The Bertz CT molecular complexity index is 691. The molecular formula is C21H27N3O2. The van der Waals surface area contributed by atoms with E-state index < -0.39 is 0 Å². The van der Waals surface area contributed by atoms with Gasteiger partial charge in [0, 0.05) is 44.0 Å². The number of hydrogen-bond donors (Lipinski definition) is 1. The zero-order chi connectivity index (χ0) is 17.6. The van der Waals surface area contributed by atoms with Gasteiger partial charge < -0.3 is 14.8 Å². The van der Waals surface area contributed by atoms with Crippen LogP contribution in [0.25, 0.3) is 0 Å². The number of aromatic nitrogens is 1. The molecule has 0 radical (unpaired) electrons. The number of nitrogens with one attached hydrogen (secondary N) is 1. The van der Waals surface area contributed by atoms with Crippen LogP contribution in [-0.2, 0) is 17.9 Å². The van der Waals surface area contributed by atoms with Crippen molar-refractivity contribution in [2.24, 2.45) is 0 Å². The molecule has 2 heterocycles. The zero-order valence-electron chi connectivity index (χ0n) is 15.1. The van der Waals surface area contributed by atoms with Crippen LogP contribution >= 0.6 is 0 Å². The highest BCUT2D eigenvalue weighted by molar-refractivity contribution is 5.33. The second-order valence-electron chi connectivity index (χ2n) is 7.07. The maximum atomic E-state index is 5.98. The first-order chi connectivity index (χ1) is 12.9. The normalized spacial score (nSPS) is 20.8. The molecule has 1 unspecified atom stereocenters. The lowest BCUT2D eigenvalue weighted by molar-refractivity contribution is -0.0301. The first-order valence-electron chi connectivity index (χ1n) is 9.55. The van der Waals surface area contributed by atoms with Crippen LogP contribution in [0, 0.1) is 0 Å². The van der Waals surface area contributed by atoms with Gasteiger partial charge in [0.05, 0.1) is 18.4 Å². The van der Waals surface area contributed by atoms with E-state index in [0.717, 1.165) is 50.3 Å². The molecule has 5 heteroatoms. The van der Waals surface area contributed by atoms with Gasteiger partial charge in [0.15, 0.2) is 0 Å². The Kier molecular flexibility index (Phi) is 5.79. The summed E-state index contributed by atoms with van der Waals surface area (Å²) in [6.07, 6.45) is 4.80. The molecule has 5 nitrogen and oxygen atoms in total. The van der Waals surface area contributed by atoms with Gasteiger partial charge in [0.25, 0.3) is 0 Å². The van der Waals surface area contributed by atoms with E-state index in [2.05, 4.69) is 27.3 Å². The molecule has 1 saturated heterocycles. The molecule has 1 aromatic heterocycles. The predicted molar refractivity (Wildman–Crippen MR) is 101 cm³/mol. The number of ether oxygens (including phenoxy) is 2. The van der Waals surface area contributed by atoms with Gasteiger partial charge >= 0.3 is 0 Å². The molecule has 1 aliphatic heterocycles. The third-order valence-electron chi connectivity index (χ3n) is 5.00. The average molecular weight is 353 g/mol. The first-order valence-corrected chi connectivity index (χ1v) is 9.55. The molecule has 1 aromatic carbocycles. The van der Waals surface area contributed by atoms with Crippen LogP contribution in [-0.4, -0.2) is 48.3 Å². The molecule has 4 rings (SSSR count). The van der Waals surface area contributed by atoms with Gasteiger partial charge in [-0.15, -0.1) is 0 Å². The summed E-state index contributed by atoms with van der Waals surface area (Å²) in [7, 11) is 0. The summed E-state index contributed by atoms with van der Waals surface area (Å²) in [6.45, 7) is 5.13. The van der Waals surface area contributed by atoms with Crippen molar-refractivity contribution in [1.82, 2.24) is 15.2 Å². The van der Waals surface area contributed by atoms with E-state index in [-0.39, 0.29) is 6.10 Å². The van der Waals surface area contributed by atoms with Crippen molar-refractivity contribution in [1.29, 1.82) is 0 Å². The van der Waals surface area contributed by atoms with E-state index in [1.165, 1.54) is 18.4 Å². The van der Waals surface area contributed by atoms with Crippen LogP contribution in [0.1, 0.15) is 24.1 Å². The Balaban J connectivity index is 1.26. The molecular weight excluding hydrogens is 326 g/mol. The highest BCUT2D eigenvalue weighted by Gasteiger charge is 2.32. The van der Waals surface area contributed by atoms with Crippen LogP contribution in [0.15, 0.2) is 48.7 Å². The molecule has 1 saturated carbocycles. The van der Waals surface area contributed by atoms with Gasteiger partial charge in [-0.05, 0) is 31.0 Å². The fourth-order valence-corrected chi connectivity index (χ4v) is 3.43. The summed E-state index contributed by atoms with van der Waals surface area (Å²) in [4.78, 5) is 6.89. The van der Waals surface area contributed by atoms with E-state index in [4.69, 9.17) is 9.47 Å². The van der Waals surface area contributed by atoms with Crippen LogP contribution in [0.4, 0.5) is 0 Å². The Labute approximate surface area is 155 Å². The molecule has 2 aromatic rings. The summed E-state index contributed by atoms with van der Waals surface area (Å²) in [5, 5.41) is 3.54. The quantitative estimate of drug-likeness (QED) is 0.790. The van der Waals surface area contributed by atoms with Gasteiger partial charge in [0.1, 0.15) is 12.4 Å². The minimum absolute atomic E-state index is 0.283. The second kappa shape index (κ2) is 8.62. The van der Waals surface area contributed by atoms with E-state index in [1.54, 1.807) is 6.20 Å². The standard InChI is InChI=1S/C21H27N3O2/c1-2-7-21(26-16-18-6-3-4-10-23-18)17(5-1)13-22-14-20-15-24(11-12-25-20)19-8-9-19/h1-7,10,19-20,22H,8-9,11-16H2. The van der Waals surface area contributed by atoms with Gasteiger partial charge in [-0.25, -0.2) is 0 Å². The number of hydrogen-bond acceptors (Lipinski definition) is 5. The van der Waals surface area contributed by atoms with Crippen molar-refractivity contribution in [2.75, 3.05) is 26.2 Å². The average Bonchev–Trinajstić information content (AvgIpc) is 3.54. The maximum Gasteiger partial charge on any atom is 0.130 e. The van der Waals surface area contributed by atoms with Crippen molar-refractivity contribution >= 4 is 0 Å². The van der Waals surface area contributed by atoms with Gasteiger partial charge in [0.2, 0.25) is 0 Å². The van der Waals surface area contributed by atoms with E-state index in [9.17, 15) is 0 Å². The van der Waals surface area contributed by atoms with E-state index in [1.807, 2.05) is 30.3 Å². The predicted octanol–water partition coefficient (Wildman–Crippen LogP) is 2.61. The zero-order valence-corrected chi connectivity index (χ0v) is 15.1. The van der Waals surface area contributed by atoms with Crippen molar-refractivity contribution in [2.45, 2.75) is 38.1 Å². The van der Waals surface area contributed by atoms with Crippen molar-refractivity contribution in [3.05, 3.63) is 59.9 Å². The number of nitrogens with zero attached hydrogens (tertiary/aromatic N) is 2. The molecule has 0 amide bonds. The smallest absolute Gasteiger partial charge is 0.130 e. The molecule has 1 atom stereocenters. The van der Waals surface area contributed by atoms with Gasteiger partial charge in [-0.1, -0.05) is 24.3 Å². The first kappa shape index (κ1) is 17.5.